The molecule has 0 aromatic heterocycles. The van der Waals surface area contributed by atoms with Gasteiger partial charge >= 0.3 is 6.09 Å². The summed E-state index contributed by atoms with van der Waals surface area (Å²) in [7, 11) is 3.77. The number of hydrogen-bond donors (Lipinski definition) is 2. The fourth-order valence-electron chi connectivity index (χ4n) is 2.32. The molecule has 0 radical (unpaired) electrons. The van der Waals surface area contributed by atoms with E-state index < -0.39 is 11.7 Å². The molecule has 2 amide bonds. The van der Waals surface area contributed by atoms with Gasteiger partial charge in [-0.2, -0.15) is 0 Å². The fourth-order valence-corrected chi connectivity index (χ4v) is 2.49. The fraction of sp³-hybridized carbons (Fsp3) is 0.300. The number of amides is 2. The van der Waals surface area contributed by atoms with E-state index in [1.165, 1.54) is 0 Å². The van der Waals surface area contributed by atoms with E-state index in [1.807, 2.05) is 25.1 Å². The monoisotopic (exact) mass is 389 g/mol. The quantitative estimate of drug-likeness (QED) is 0.771. The maximum Gasteiger partial charge on any atom is 0.412 e. The van der Waals surface area contributed by atoms with Gasteiger partial charge in [-0.3, -0.25) is 10.1 Å². The van der Waals surface area contributed by atoms with Crippen molar-refractivity contribution in [2.24, 2.45) is 0 Å². The molecule has 0 unspecified atom stereocenters. The van der Waals surface area contributed by atoms with Gasteiger partial charge in [0.15, 0.2) is 0 Å². The van der Waals surface area contributed by atoms with Crippen LogP contribution in [0.1, 0.15) is 31.1 Å². The topological polar surface area (TPSA) is 70.7 Å². The van der Waals surface area contributed by atoms with E-state index in [9.17, 15) is 9.59 Å². The van der Waals surface area contributed by atoms with E-state index in [0.717, 1.165) is 5.69 Å². The van der Waals surface area contributed by atoms with E-state index in [2.05, 4.69) is 10.6 Å². The van der Waals surface area contributed by atoms with E-state index in [-0.39, 0.29) is 5.91 Å². The van der Waals surface area contributed by atoms with Crippen LogP contribution in [0.15, 0.2) is 42.5 Å². The Kier molecular flexibility index (Phi) is 6.33. The maximum absolute atomic E-state index is 12.5. The first kappa shape index (κ1) is 20.6. The highest BCUT2D eigenvalue weighted by Crippen LogP contribution is 2.28. The lowest BCUT2D eigenvalue weighted by atomic mass is 10.1. The zero-order valence-corrected chi connectivity index (χ0v) is 16.8. The SMILES string of the molecule is CN(C)c1ccc(Cl)cc1NC(=O)c1ccc(NC(=O)OC(C)(C)C)cc1. The number of carbonyl (C=O) groups excluding carboxylic acids is 2. The van der Waals surface area contributed by atoms with Crippen LogP contribution < -0.4 is 15.5 Å². The summed E-state index contributed by atoms with van der Waals surface area (Å²) in [4.78, 5) is 26.2. The predicted molar refractivity (Wildman–Crippen MR) is 110 cm³/mol. The second-order valence-electron chi connectivity index (χ2n) is 7.21. The maximum atomic E-state index is 12.5. The summed E-state index contributed by atoms with van der Waals surface area (Å²) in [6.45, 7) is 5.37. The van der Waals surface area contributed by atoms with E-state index in [0.29, 0.717) is 22.0 Å². The lowest BCUT2D eigenvalue weighted by Gasteiger charge is -2.19. The van der Waals surface area contributed by atoms with Crippen LogP contribution in [0.25, 0.3) is 0 Å². The zero-order chi connectivity index (χ0) is 20.2. The van der Waals surface area contributed by atoms with Crippen LogP contribution in [-0.2, 0) is 4.74 Å². The van der Waals surface area contributed by atoms with Crippen LogP contribution in [0.5, 0.6) is 0 Å². The van der Waals surface area contributed by atoms with Crippen molar-refractivity contribution >= 4 is 40.7 Å². The summed E-state index contributed by atoms with van der Waals surface area (Å²) in [6.07, 6.45) is -0.547. The van der Waals surface area contributed by atoms with Gasteiger partial charge in [-0.25, -0.2) is 4.79 Å². The molecule has 0 atom stereocenters. The van der Waals surface area contributed by atoms with Crippen molar-refractivity contribution in [2.45, 2.75) is 26.4 Å². The summed E-state index contributed by atoms with van der Waals surface area (Å²) in [5.74, 6) is -0.274. The number of carbonyl (C=O) groups is 2. The Bertz CT molecular complexity index is 827. The van der Waals surface area contributed by atoms with E-state index in [1.54, 1.807) is 57.2 Å². The van der Waals surface area contributed by atoms with Crippen LogP contribution in [-0.4, -0.2) is 31.7 Å². The van der Waals surface area contributed by atoms with Crippen LogP contribution in [0.2, 0.25) is 5.02 Å². The number of hydrogen-bond acceptors (Lipinski definition) is 4. The minimum Gasteiger partial charge on any atom is -0.444 e. The average Bonchev–Trinajstić information content (AvgIpc) is 2.53. The Morgan fingerprint density at radius 1 is 1.00 bits per heavy atom. The number of rotatable bonds is 4. The minimum absolute atomic E-state index is 0.274. The molecule has 2 rings (SSSR count). The van der Waals surface area contributed by atoms with Crippen molar-refractivity contribution in [1.82, 2.24) is 0 Å². The van der Waals surface area contributed by atoms with Crippen LogP contribution in [0.4, 0.5) is 21.9 Å². The summed E-state index contributed by atoms with van der Waals surface area (Å²) < 4.78 is 5.20. The van der Waals surface area contributed by atoms with Crippen molar-refractivity contribution in [3.8, 4) is 0 Å². The van der Waals surface area contributed by atoms with Gasteiger partial charge in [0.05, 0.1) is 11.4 Å². The molecular weight excluding hydrogens is 366 g/mol. The van der Waals surface area contributed by atoms with Gasteiger partial charge in [0, 0.05) is 30.4 Å². The molecule has 0 fully saturated rings. The molecule has 27 heavy (non-hydrogen) atoms. The second-order valence-corrected chi connectivity index (χ2v) is 7.65. The van der Waals surface area contributed by atoms with Crippen LogP contribution in [0, 0.1) is 0 Å². The third-order valence-electron chi connectivity index (χ3n) is 3.48. The molecule has 144 valence electrons. The number of benzene rings is 2. The Hall–Kier alpha value is -2.73. The van der Waals surface area contributed by atoms with Crippen molar-refractivity contribution in [3.05, 3.63) is 53.1 Å². The average molecular weight is 390 g/mol. The third kappa shape index (κ3) is 6.18. The smallest absolute Gasteiger partial charge is 0.412 e. The van der Waals surface area contributed by atoms with Crippen LogP contribution >= 0.6 is 11.6 Å². The lowest BCUT2D eigenvalue weighted by molar-refractivity contribution is 0.0636. The second kappa shape index (κ2) is 8.31. The molecule has 0 saturated heterocycles. The largest absolute Gasteiger partial charge is 0.444 e. The first-order valence-electron chi connectivity index (χ1n) is 8.43. The molecule has 0 bridgehead atoms. The van der Waals surface area contributed by atoms with Gasteiger partial charge in [-0.1, -0.05) is 11.6 Å². The molecule has 2 aromatic carbocycles. The van der Waals surface area contributed by atoms with Gasteiger partial charge < -0.3 is 15.0 Å². The minimum atomic E-state index is -0.578. The predicted octanol–water partition coefficient (Wildman–Crippen LogP) is 5.01. The summed E-state index contributed by atoms with van der Waals surface area (Å²) in [5, 5.41) is 6.03. The number of ether oxygens (including phenoxy) is 1. The van der Waals surface area contributed by atoms with Gasteiger partial charge in [0.1, 0.15) is 5.60 Å². The van der Waals surface area contributed by atoms with Crippen molar-refractivity contribution in [1.29, 1.82) is 0 Å². The summed E-state index contributed by atoms with van der Waals surface area (Å²) in [5.41, 5.74) is 1.88. The van der Waals surface area contributed by atoms with Crippen molar-refractivity contribution in [2.75, 3.05) is 29.6 Å². The molecule has 0 spiro atoms. The summed E-state index contributed by atoms with van der Waals surface area (Å²) in [6, 6.07) is 11.8. The Balaban J connectivity index is 2.08. The Morgan fingerprint density at radius 3 is 2.19 bits per heavy atom. The zero-order valence-electron chi connectivity index (χ0n) is 16.1. The first-order valence-corrected chi connectivity index (χ1v) is 8.81. The Labute approximate surface area is 164 Å². The molecule has 7 heteroatoms. The standard InChI is InChI=1S/C20H24ClN3O3/c1-20(2,3)27-19(26)22-15-9-6-13(7-10-15)18(25)23-16-12-14(21)8-11-17(16)24(4)5/h6-12H,1-5H3,(H,22,26)(H,23,25). The highest BCUT2D eigenvalue weighted by atomic mass is 35.5. The van der Waals surface area contributed by atoms with E-state index in [4.69, 9.17) is 16.3 Å². The highest BCUT2D eigenvalue weighted by Gasteiger charge is 2.16. The van der Waals surface area contributed by atoms with Gasteiger partial charge in [-0.15, -0.1) is 0 Å². The lowest BCUT2D eigenvalue weighted by Crippen LogP contribution is -2.27. The van der Waals surface area contributed by atoms with Crippen molar-refractivity contribution < 1.29 is 14.3 Å². The normalized spacial score (nSPS) is 10.9. The molecule has 2 N–H and O–H groups in total. The first-order chi connectivity index (χ1) is 12.5. The Morgan fingerprint density at radius 2 is 1.63 bits per heavy atom. The number of nitrogens with zero attached hydrogens (tertiary/aromatic N) is 1. The van der Waals surface area contributed by atoms with Gasteiger partial charge in [0.25, 0.3) is 5.91 Å². The number of anilines is 3. The number of nitrogens with one attached hydrogen (secondary N) is 2. The highest BCUT2D eigenvalue weighted by molar-refractivity contribution is 6.31. The summed E-state index contributed by atoms with van der Waals surface area (Å²) >= 11 is 6.04. The molecule has 0 aliphatic heterocycles. The molecule has 0 aliphatic carbocycles. The van der Waals surface area contributed by atoms with Crippen molar-refractivity contribution in [3.63, 3.8) is 0 Å². The van der Waals surface area contributed by atoms with Gasteiger partial charge in [0.2, 0.25) is 0 Å². The molecule has 0 heterocycles. The number of halogens is 1. The molecule has 0 saturated carbocycles. The molecular formula is C20H24ClN3O3. The third-order valence-corrected chi connectivity index (χ3v) is 3.72. The van der Waals surface area contributed by atoms with Gasteiger partial charge in [-0.05, 0) is 63.2 Å². The molecule has 6 nitrogen and oxygen atoms in total. The van der Waals surface area contributed by atoms with E-state index >= 15 is 0 Å². The van der Waals surface area contributed by atoms with Crippen LogP contribution in [0.3, 0.4) is 0 Å². The molecule has 2 aromatic rings. The molecule has 0 aliphatic rings.